The molecule has 5 nitrogen and oxygen atoms in total. The van der Waals surface area contributed by atoms with Gasteiger partial charge in [0, 0.05) is 25.7 Å². The van der Waals surface area contributed by atoms with Gasteiger partial charge in [-0.2, -0.15) is 0 Å². The molecular weight excluding hydrogens is 308 g/mol. The van der Waals surface area contributed by atoms with Crippen LogP contribution in [0.5, 0.6) is 0 Å². The molecule has 1 aliphatic carbocycles. The Morgan fingerprint density at radius 3 is 2.83 bits per heavy atom. The number of thiophene rings is 1. The molecule has 1 aromatic rings. The van der Waals surface area contributed by atoms with E-state index in [9.17, 15) is 4.79 Å². The maximum atomic E-state index is 11.8. The summed E-state index contributed by atoms with van der Waals surface area (Å²) in [7, 11) is 0. The lowest BCUT2D eigenvalue weighted by Gasteiger charge is -2.24. The van der Waals surface area contributed by atoms with Gasteiger partial charge in [-0.25, -0.2) is 0 Å². The van der Waals surface area contributed by atoms with Crippen molar-refractivity contribution in [2.75, 3.05) is 19.6 Å². The van der Waals surface area contributed by atoms with E-state index >= 15 is 0 Å². The minimum Gasteiger partial charge on any atom is -0.357 e. The Kier molecular flexibility index (Phi) is 7.93. The van der Waals surface area contributed by atoms with Gasteiger partial charge in [0.2, 0.25) is 0 Å². The Balaban J connectivity index is 1.67. The van der Waals surface area contributed by atoms with Gasteiger partial charge in [0.05, 0.1) is 4.88 Å². The van der Waals surface area contributed by atoms with Gasteiger partial charge in [-0.05, 0) is 37.6 Å². The Morgan fingerprint density at radius 2 is 2.13 bits per heavy atom. The first-order valence-electron chi connectivity index (χ1n) is 8.66. The summed E-state index contributed by atoms with van der Waals surface area (Å²) in [5.41, 5.74) is 0. The molecule has 0 unspecified atom stereocenters. The second-order valence-electron chi connectivity index (χ2n) is 5.83. The van der Waals surface area contributed by atoms with Crippen molar-refractivity contribution in [2.45, 2.75) is 51.5 Å². The van der Waals surface area contributed by atoms with E-state index < -0.39 is 0 Å². The molecule has 3 N–H and O–H groups in total. The molecule has 0 spiro atoms. The van der Waals surface area contributed by atoms with Gasteiger partial charge in [-0.1, -0.05) is 25.3 Å². The molecule has 128 valence electrons. The SMILES string of the molecule is CCNC(=NCCCNC(=O)c1cccs1)NC1CCCCC1. The van der Waals surface area contributed by atoms with E-state index in [1.807, 2.05) is 17.5 Å². The first-order chi connectivity index (χ1) is 11.3. The average Bonchev–Trinajstić information content (AvgIpc) is 3.10. The summed E-state index contributed by atoms with van der Waals surface area (Å²) in [6.07, 6.45) is 7.30. The molecule has 0 radical (unpaired) electrons. The van der Waals surface area contributed by atoms with Crippen LogP contribution in [-0.2, 0) is 0 Å². The van der Waals surface area contributed by atoms with E-state index in [0.717, 1.165) is 23.8 Å². The normalized spacial score (nSPS) is 16.1. The third-order valence-electron chi connectivity index (χ3n) is 3.93. The molecule has 1 fully saturated rings. The first-order valence-corrected chi connectivity index (χ1v) is 9.54. The molecule has 1 amide bonds. The highest BCUT2D eigenvalue weighted by atomic mass is 32.1. The smallest absolute Gasteiger partial charge is 0.261 e. The highest BCUT2D eigenvalue weighted by Crippen LogP contribution is 2.17. The van der Waals surface area contributed by atoms with Crippen LogP contribution in [0.2, 0.25) is 0 Å². The Hall–Kier alpha value is -1.56. The van der Waals surface area contributed by atoms with Crippen molar-refractivity contribution in [2.24, 2.45) is 4.99 Å². The molecule has 0 aromatic carbocycles. The second-order valence-corrected chi connectivity index (χ2v) is 6.77. The quantitative estimate of drug-likeness (QED) is 0.407. The summed E-state index contributed by atoms with van der Waals surface area (Å²) in [6, 6.07) is 4.29. The number of rotatable bonds is 7. The Labute approximate surface area is 143 Å². The molecule has 0 atom stereocenters. The molecular formula is C17H28N4OS. The van der Waals surface area contributed by atoms with Crippen LogP contribution in [0.15, 0.2) is 22.5 Å². The minimum atomic E-state index is 0.0104. The average molecular weight is 337 g/mol. The van der Waals surface area contributed by atoms with Crippen molar-refractivity contribution in [1.82, 2.24) is 16.0 Å². The number of nitrogens with one attached hydrogen (secondary N) is 3. The molecule has 0 aliphatic heterocycles. The highest BCUT2D eigenvalue weighted by Gasteiger charge is 2.14. The van der Waals surface area contributed by atoms with E-state index in [2.05, 4.69) is 27.9 Å². The largest absolute Gasteiger partial charge is 0.357 e. The lowest BCUT2D eigenvalue weighted by atomic mass is 9.96. The molecule has 1 aromatic heterocycles. The number of carbonyl (C=O) groups excluding carboxylic acids is 1. The molecule has 23 heavy (non-hydrogen) atoms. The summed E-state index contributed by atoms with van der Waals surface area (Å²) in [5.74, 6) is 0.917. The third kappa shape index (κ3) is 6.60. The number of carbonyl (C=O) groups is 1. The third-order valence-corrected chi connectivity index (χ3v) is 4.79. The lowest BCUT2D eigenvalue weighted by molar-refractivity contribution is 0.0957. The van der Waals surface area contributed by atoms with Gasteiger partial charge in [0.25, 0.3) is 5.91 Å². The van der Waals surface area contributed by atoms with Crippen LogP contribution < -0.4 is 16.0 Å². The summed E-state index contributed by atoms with van der Waals surface area (Å²) in [5, 5.41) is 11.7. The van der Waals surface area contributed by atoms with E-state index in [0.29, 0.717) is 19.1 Å². The van der Waals surface area contributed by atoms with Crippen LogP contribution in [0, 0.1) is 0 Å². The van der Waals surface area contributed by atoms with Crippen molar-refractivity contribution in [3.63, 3.8) is 0 Å². The van der Waals surface area contributed by atoms with E-state index in [-0.39, 0.29) is 5.91 Å². The van der Waals surface area contributed by atoms with Gasteiger partial charge < -0.3 is 16.0 Å². The topological polar surface area (TPSA) is 65.5 Å². The monoisotopic (exact) mass is 336 g/mol. The van der Waals surface area contributed by atoms with Gasteiger partial charge >= 0.3 is 0 Å². The fourth-order valence-corrected chi connectivity index (χ4v) is 3.37. The van der Waals surface area contributed by atoms with Crippen LogP contribution in [0.3, 0.4) is 0 Å². The van der Waals surface area contributed by atoms with E-state index in [1.165, 1.54) is 43.4 Å². The zero-order chi connectivity index (χ0) is 16.3. The van der Waals surface area contributed by atoms with Gasteiger partial charge in [0.1, 0.15) is 0 Å². The zero-order valence-electron chi connectivity index (χ0n) is 13.9. The Bertz CT molecular complexity index is 481. The number of hydrogen-bond acceptors (Lipinski definition) is 3. The summed E-state index contributed by atoms with van der Waals surface area (Å²) in [6.45, 7) is 4.32. The van der Waals surface area contributed by atoms with Crippen LogP contribution in [0.1, 0.15) is 55.1 Å². The molecule has 1 aliphatic rings. The maximum Gasteiger partial charge on any atom is 0.261 e. The van der Waals surface area contributed by atoms with Crippen LogP contribution in [0.4, 0.5) is 0 Å². The first kappa shape index (κ1) is 17.8. The van der Waals surface area contributed by atoms with Crippen molar-refractivity contribution < 1.29 is 4.79 Å². The number of nitrogens with zero attached hydrogens (tertiary/aromatic N) is 1. The molecule has 0 bridgehead atoms. The van der Waals surface area contributed by atoms with Gasteiger partial charge in [-0.15, -0.1) is 11.3 Å². The van der Waals surface area contributed by atoms with E-state index in [4.69, 9.17) is 0 Å². The minimum absolute atomic E-state index is 0.0104. The van der Waals surface area contributed by atoms with Crippen molar-refractivity contribution in [3.05, 3.63) is 22.4 Å². The number of guanidine groups is 1. The Morgan fingerprint density at radius 1 is 1.30 bits per heavy atom. The van der Waals surface area contributed by atoms with Crippen molar-refractivity contribution in [1.29, 1.82) is 0 Å². The highest BCUT2D eigenvalue weighted by molar-refractivity contribution is 7.12. The molecule has 1 heterocycles. The standard InChI is InChI=1S/C17H28N4OS/c1-2-18-17(21-14-8-4-3-5-9-14)20-12-7-11-19-16(22)15-10-6-13-23-15/h6,10,13-14H,2-5,7-9,11-12H2,1H3,(H,19,22)(H2,18,20,21). The number of aliphatic imine (C=N–C) groups is 1. The number of hydrogen-bond donors (Lipinski definition) is 3. The summed E-state index contributed by atoms with van der Waals surface area (Å²) >= 11 is 1.47. The summed E-state index contributed by atoms with van der Waals surface area (Å²) in [4.78, 5) is 17.2. The van der Waals surface area contributed by atoms with Gasteiger partial charge in [0.15, 0.2) is 5.96 Å². The second kappa shape index (κ2) is 10.3. The van der Waals surface area contributed by atoms with Crippen LogP contribution in [-0.4, -0.2) is 37.5 Å². The predicted molar refractivity (Wildman–Crippen MR) is 97.3 cm³/mol. The fourth-order valence-electron chi connectivity index (χ4n) is 2.73. The molecule has 1 saturated carbocycles. The van der Waals surface area contributed by atoms with Crippen molar-refractivity contribution in [3.8, 4) is 0 Å². The van der Waals surface area contributed by atoms with Crippen LogP contribution >= 0.6 is 11.3 Å². The molecule has 6 heteroatoms. The van der Waals surface area contributed by atoms with Crippen molar-refractivity contribution >= 4 is 23.2 Å². The fraction of sp³-hybridized carbons (Fsp3) is 0.647. The zero-order valence-corrected chi connectivity index (χ0v) is 14.8. The lowest BCUT2D eigenvalue weighted by Crippen LogP contribution is -2.44. The maximum absolute atomic E-state index is 11.8. The van der Waals surface area contributed by atoms with Crippen LogP contribution in [0.25, 0.3) is 0 Å². The number of amides is 1. The summed E-state index contributed by atoms with van der Waals surface area (Å²) < 4.78 is 0. The molecule has 2 rings (SSSR count). The predicted octanol–water partition coefficient (Wildman–Crippen LogP) is 2.76. The molecule has 0 saturated heterocycles. The van der Waals surface area contributed by atoms with E-state index in [1.54, 1.807) is 0 Å². The van der Waals surface area contributed by atoms with Gasteiger partial charge in [-0.3, -0.25) is 9.79 Å².